The second kappa shape index (κ2) is 3.54. The highest BCUT2D eigenvalue weighted by atomic mass is 16.3. The van der Waals surface area contributed by atoms with Crippen molar-refractivity contribution < 1.29 is 4.42 Å². The quantitative estimate of drug-likeness (QED) is 0.768. The fourth-order valence-corrected chi connectivity index (χ4v) is 1.97. The van der Waals surface area contributed by atoms with Crippen LogP contribution < -0.4 is 5.32 Å². The maximum Gasteiger partial charge on any atom is 0.120 e. The van der Waals surface area contributed by atoms with E-state index in [0.29, 0.717) is 6.04 Å². The summed E-state index contributed by atoms with van der Waals surface area (Å²) in [6, 6.07) is 4.47. The first-order valence-corrected chi connectivity index (χ1v) is 5.09. The molecule has 1 aliphatic carbocycles. The molecular formula is C11H17NO. The maximum absolute atomic E-state index is 5.44. The van der Waals surface area contributed by atoms with Gasteiger partial charge in [-0.3, -0.25) is 0 Å². The van der Waals surface area contributed by atoms with Crippen LogP contribution in [0.5, 0.6) is 0 Å². The molecule has 2 heteroatoms. The minimum Gasteiger partial charge on any atom is -0.468 e. The van der Waals surface area contributed by atoms with E-state index >= 15 is 0 Å². The van der Waals surface area contributed by atoms with E-state index in [1.54, 1.807) is 6.26 Å². The molecule has 0 amide bonds. The van der Waals surface area contributed by atoms with Crippen molar-refractivity contribution in [2.24, 2.45) is 11.8 Å². The molecule has 0 radical (unpaired) electrons. The van der Waals surface area contributed by atoms with Gasteiger partial charge in [0.25, 0.3) is 0 Å². The van der Waals surface area contributed by atoms with E-state index in [-0.39, 0.29) is 0 Å². The summed E-state index contributed by atoms with van der Waals surface area (Å²) in [5.74, 6) is 2.73. The lowest BCUT2D eigenvalue weighted by atomic mass is 10.1. The van der Waals surface area contributed by atoms with E-state index in [0.717, 1.165) is 24.1 Å². The molecule has 0 saturated heterocycles. The average molecular weight is 179 g/mol. The predicted octanol–water partition coefficient (Wildman–Crippen LogP) is 2.59. The molecule has 3 atom stereocenters. The molecule has 1 heterocycles. The van der Waals surface area contributed by atoms with Gasteiger partial charge in [0.1, 0.15) is 5.76 Å². The number of nitrogens with one attached hydrogen (secondary N) is 1. The van der Waals surface area contributed by atoms with Crippen molar-refractivity contribution >= 4 is 0 Å². The average Bonchev–Trinajstić information content (AvgIpc) is 2.69. The van der Waals surface area contributed by atoms with Gasteiger partial charge in [0.05, 0.1) is 12.3 Å². The first-order valence-electron chi connectivity index (χ1n) is 5.09. The lowest BCUT2D eigenvalue weighted by Gasteiger charge is -2.14. The fraction of sp³-hybridized carbons (Fsp3) is 0.636. The molecule has 0 bridgehead atoms. The molecular weight excluding hydrogens is 162 g/mol. The highest BCUT2D eigenvalue weighted by Gasteiger charge is 2.40. The largest absolute Gasteiger partial charge is 0.468 e. The highest BCUT2D eigenvalue weighted by molar-refractivity contribution is 5.10. The Morgan fingerprint density at radius 2 is 2.46 bits per heavy atom. The zero-order valence-electron chi connectivity index (χ0n) is 8.29. The van der Waals surface area contributed by atoms with Crippen LogP contribution in [0, 0.1) is 11.8 Å². The molecule has 1 aromatic rings. The molecule has 2 nitrogen and oxygen atoms in total. The molecule has 1 saturated carbocycles. The monoisotopic (exact) mass is 179 g/mol. The van der Waals surface area contributed by atoms with Crippen LogP contribution in [0.3, 0.4) is 0 Å². The molecule has 1 N–H and O–H groups in total. The van der Waals surface area contributed by atoms with Gasteiger partial charge in [0.2, 0.25) is 0 Å². The Morgan fingerprint density at radius 1 is 1.69 bits per heavy atom. The van der Waals surface area contributed by atoms with Crippen LogP contribution in [0.4, 0.5) is 0 Å². The molecule has 72 valence electrons. The van der Waals surface area contributed by atoms with Crippen molar-refractivity contribution in [2.45, 2.75) is 26.3 Å². The Bertz CT molecular complexity index is 255. The lowest BCUT2D eigenvalue weighted by Crippen LogP contribution is -2.22. The van der Waals surface area contributed by atoms with Crippen LogP contribution in [0.2, 0.25) is 0 Å². The third-order valence-corrected chi connectivity index (χ3v) is 2.87. The van der Waals surface area contributed by atoms with Crippen molar-refractivity contribution in [3.8, 4) is 0 Å². The molecule has 0 aromatic carbocycles. The van der Waals surface area contributed by atoms with E-state index in [4.69, 9.17) is 4.42 Å². The molecule has 0 spiro atoms. The summed E-state index contributed by atoms with van der Waals surface area (Å²) in [7, 11) is 0. The standard InChI is InChI=1S/C11H17NO/c1-3-12-11(9-7-8(9)2)10-5-4-6-13-10/h4-6,8-9,11-12H,3,7H2,1-2H3. The Kier molecular flexibility index (Phi) is 2.40. The van der Waals surface area contributed by atoms with Gasteiger partial charge >= 0.3 is 0 Å². The first-order chi connectivity index (χ1) is 6.33. The minimum absolute atomic E-state index is 0.440. The Hall–Kier alpha value is -0.760. The lowest BCUT2D eigenvalue weighted by molar-refractivity contribution is 0.379. The smallest absolute Gasteiger partial charge is 0.120 e. The van der Waals surface area contributed by atoms with Gasteiger partial charge in [0, 0.05) is 0 Å². The summed E-state index contributed by atoms with van der Waals surface area (Å²) >= 11 is 0. The molecule has 2 rings (SSSR count). The van der Waals surface area contributed by atoms with Gasteiger partial charge < -0.3 is 9.73 Å². The van der Waals surface area contributed by atoms with Crippen molar-refractivity contribution in [2.75, 3.05) is 6.54 Å². The van der Waals surface area contributed by atoms with Crippen LogP contribution in [-0.2, 0) is 0 Å². The van der Waals surface area contributed by atoms with Crippen LogP contribution >= 0.6 is 0 Å². The summed E-state index contributed by atoms with van der Waals surface area (Å²) < 4.78 is 5.44. The molecule has 1 fully saturated rings. The second-order valence-electron chi connectivity index (χ2n) is 3.93. The van der Waals surface area contributed by atoms with E-state index in [1.807, 2.05) is 6.07 Å². The molecule has 3 unspecified atom stereocenters. The SMILES string of the molecule is CCNC(c1ccco1)C1CC1C. The van der Waals surface area contributed by atoms with E-state index in [1.165, 1.54) is 6.42 Å². The summed E-state index contributed by atoms with van der Waals surface area (Å²) in [5.41, 5.74) is 0. The predicted molar refractivity (Wildman–Crippen MR) is 52.4 cm³/mol. The Balaban J connectivity index is 2.06. The van der Waals surface area contributed by atoms with Crippen molar-refractivity contribution in [3.05, 3.63) is 24.2 Å². The van der Waals surface area contributed by atoms with Crippen molar-refractivity contribution in [1.82, 2.24) is 5.32 Å². The number of hydrogen-bond donors (Lipinski definition) is 1. The minimum atomic E-state index is 0.440. The van der Waals surface area contributed by atoms with E-state index < -0.39 is 0 Å². The molecule has 13 heavy (non-hydrogen) atoms. The number of hydrogen-bond acceptors (Lipinski definition) is 2. The molecule has 0 aliphatic heterocycles. The van der Waals surface area contributed by atoms with Crippen LogP contribution in [0.1, 0.15) is 32.1 Å². The van der Waals surface area contributed by atoms with Gasteiger partial charge in [-0.15, -0.1) is 0 Å². The topological polar surface area (TPSA) is 25.2 Å². The third-order valence-electron chi connectivity index (χ3n) is 2.87. The summed E-state index contributed by atoms with van der Waals surface area (Å²) in [6.45, 7) is 5.45. The van der Waals surface area contributed by atoms with Crippen LogP contribution in [0.15, 0.2) is 22.8 Å². The summed E-state index contributed by atoms with van der Waals surface area (Å²) in [5, 5.41) is 3.48. The summed E-state index contributed by atoms with van der Waals surface area (Å²) in [6.07, 6.45) is 3.09. The zero-order chi connectivity index (χ0) is 9.26. The van der Waals surface area contributed by atoms with Gasteiger partial charge in [-0.1, -0.05) is 13.8 Å². The third kappa shape index (κ3) is 1.78. The first kappa shape index (κ1) is 8.82. The van der Waals surface area contributed by atoms with E-state index in [9.17, 15) is 0 Å². The van der Waals surface area contributed by atoms with E-state index in [2.05, 4.69) is 25.2 Å². The summed E-state index contributed by atoms with van der Waals surface area (Å²) in [4.78, 5) is 0. The van der Waals surface area contributed by atoms with Gasteiger partial charge in [0.15, 0.2) is 0 Å². The second-order valence-corrected chi connectivity index (χ2v) is 3.93. The van der Waals surface area contributed by atoms with Gasteiger partial charge in [-0.2, -0.15) is 0 Å². The molecule has 1 aromatic heterocycles. The number of rotatable bonds is 4. The zero-order valence-corrected chi connectivity index (χ0v) is 8.29. The Labute approximate surface area is 79.3 Å². The van der Waals surface area contributed by atoms with Crippen molar-refractivity contribution in [1.29, 1.82) is 0 Å². The fourth-order valence-electron chi connectivity index (χ4n) is 1.97. The van der Waals surface area contributed by atoms with Crippen LogP contribution in [0.25, 0.3) is 0 Å². The number of furan rings is 1. The normalized spacial score (nSPS) is 28.8. The van der Waals surface area contributed by atoms with Crippen molar-refractivity contribution in [3.63, 3.8) is 0 Å². The highest BCUT2D eigenvalue weighted by Crippen LogP contribution is 2.46. The van der Waals surface area contributed by atoms with Crippen LogP contribution in [-0.4, -0.2) is 6.54 Å². The van der Waals surface area contributed by atoms with Gasteiger partial charge in [-0.25, -0.2) is 0 Å². The maximum atomic E-state index is 5.44. The molecule has 1 aliphatic rings. The Morgan fingerprint density at radius 3 is 2.92 bits per heavy atom. The van der Waals surface area contributed by atoms with Gasteiger partial charge in [-0.05, 0) is 36.9 Å².